The number of imide groups is 1. The molecule has 1 fully saturated rings. The van der Waals surface area contributed by atoms with Crippen molar-refractivity contribution in [2.75, 3.05) is 19.8 Å². The minimum Gasteiger partial charge on any atom is -0.374 e. The molecule has 9 heteroatoms. The number of halogens is 1. The zero-order chi connectivity index (χ0) is 21.4. The average molecular weight is 472 g/mol. The Kier molecular flexibility index (Phi) is 9.32. The molecule has 0 aromatic rings. The van der Waals surface area contributed by atoms with E-state index in [4.69, 9.17) is 9.57 Å². The molecule has 1 aliphatic heterocycles. The monoisotopic (exact) mass is 471 g/mol. The first-order chi connectivity index (χ1) is 13.8. The Morgan fingerprint density at radius 1 is 1.34 bits per heavy atom. The highest BCUT2D eigenvalue weighted by Crippen LogP contribution is 2.23. The van der Waals surface area contributed by atoms with Gasteiger partial charge in [0.1, 0.15) is 12.1 Å². The highest BCUT2D eigenvalue weighted by atomic mass is 79.9. The SMILES string of the molecule is CCCCONC(=O)[C@@H](C(C)C)N1C(=O)N[C@@H](COCC2=CC=C(Br)CC2)C1=O. The lowest BCUT2D eigenvalue weighted by Crippen LogP contribution is -2.53. The van der Waals surface area contributed by atoms with Crippen molar-refractivity contribution in [1.82, 2.24) is 15.7 Å². The molecule has 2 N–H and O–H groups in total. The maximum absolute atomic E-state index is 12.8. The van der Waals surface area contributed by atoms with Gasteiger partial charge in [-0.15, -0.1) is 0 Å². The molecule has 0 saturated carbocycles. The summed E-state index contributed by atoms with van der Waals surface area (Å²) in [4.78, 5) is 43.9. The van der Waals surface area contributed by atoms with Gasteiger partial charge in [-0.1, -0.05) is 55.3 Å². The lowest BCUT2D eigenvalue weighted by molar-refractivity contribution is -0.145. The van der Waals surface area contributed by atoms with Crippen LogP contribution in [0.25, 0.3) is 0 Å². The minimum atomic E-state index is -0.947. The molecule has 2 rings (SSSR count). The fourth-order valence-electron chi connectivity index (χ4n) is 3.12. The molecule has 1 aliphatic carbocycles. The predicted octanol–water partition coefficient (Wildman–Crippen LogP) is 2.79. The van der Waals surface area contributed by atoms with E-state index >= 15 is 0 Å². The average Bonchev–Trinajstić information content (AvgIpc) is 2.95. The quantitative estimate of drug-likeness (QED) is 0.274. The van der Waals surface area contributed by atoms with Crippen molar-refractivity contribution in [3.63, 3.8) is 0 Å². The van der Waals surface area contributed by atoms with Crippen LogP contribution in [-0.4, -0.2) is 54.6 Å². The molecule has 0 unspecified atom stereocenters. The predicted molar refractivity (Wildman–Crippen MR) is 112 cm³/mol. The third-order valence-corrected chi connectivity index (χ3v) is 5.42. The second kappa shape index (κ2) is 11.5. The van der Waals surface area contributed by atoms with Crippen LogP contribution in [0.1, 0.15) is 46.5 Å². The molecule has 29 heavy (non-hydrogen) atoms. The third-order valence-electron chi connectivity index (χ3n) is 4.76. The van der Waals surface area contributed by atoms with Gasteiger partial charge in [-0.2, -0.15) is 0 Å². The number of hydrogen-bond acceptors (Lipinski definition) is 5. The molecule has 162 valence electrons. The Hall–Kier alpha value is -1.71. The van der Waals surface area contributed by atoms with Crippen LogP contribution in [0, 0.1) is 5.92 Å². The first-order valence-corrected chi connectivity index (χ1v) is 10.8. The Balaban J connectivity index is 1.91. The van der Waals surface area contributed by atoms with Crippen molar-refractivity contribution in [2.24, 2.45) is 5.92 Å². The molecule has 2 aliphatic rings. The van der Waals surface area contributed by atoms with Crippen LogP contribution in [-0.2, 0) is 19.2 Å². The molecule has 0 aromatic carbocycles. The van der Waals surface area contributed by atoms with Crippen molar-refractivity contribution in [2.45, 2.75) is 58.5 Å². The molecule has 0 aromatic heterocycles. The zero-order valence-corrected chi connectivity index (χ0v) is 18.8. The standard InChI is InChI=1S/C20H30BrN3O5/c1-4-5-10-29-23-18(25)17(13(2)3)24-19(26)16(22-20(24)27)12-28-11-14-6-8-15(21)9-7-14/h6,8,13,16-17H,4-5,7,9-12H2,1-3H3,(H,22,27)(H,23,25)/t16-,17+/m0/s1. The smallest absolute Gasteiger partial charge is 0.325 e. The van der Waals surface area contributed by atoms with E-state index in [1.807, 2.05) is 19.1 Å². The van der Waals surface area contributed by atoms with E-state index in [-0.39, 0.29) is 12.5 Å². The van der Waals surface area contributed by atoms with E-state index in [9.17, 15) is 14.4 Å². The van der Waals surface area contributed by atoms with Crippen LogP contribution in [0.4, 0.5) is 4.79 Å². The molecular weight excluding hydrogens is 442 g/mol. The molecular formula is C20H30BrN3O5. The van der Waals surface area contributed by atoms with Crippen LogP contribution in [0.2, 0.25) is 0 Å². The summed E-state index contributed by atoms with van der Waals surface area (Å²) in [6.45, 7) is 6.41. The number of hydrogen-bond donors (Lipinski definition) is 2. The van der Waals surface area contributed by atoms with Crippen LogP contribution in [0.15, 0.2) is 22.2 Å². The van der Waals surface area contributed by atoms with Crippen LogP contribution >= 0.6 is 15.9 Å². The number of nitrogens with one attached hydrogen (secondary N) is 2. The van der Waals surface area contributed by atoms with Crippen molar-refractivity contribution in [1.29, 1.82) is 0 Å². The largest absolute Gasteiger partial charge is 0.374 e. The Bertz CT molecular complexity index is 677. The Labute approximate surface area is 180 Å². The number of allylic oxidation sites excluding steroid dienone is 3. The summed E-state index contributed by atoms with van der Waals surface area (Å²) in [6, 6.07) is -2.34. The molecule has 8 nitrogen and oxygen atoms in total. The minimum absolute atomic E-state index is 0.0583. The molecule has 0 radical (unpaired) electrons. The number of rotatable bonds is 11. The van der Waals surface area contributed by atoms with Gasteiger partial charge in [-0.3, -0.25) is 14.4 Å². The van der Waals surface area contributed by atoms with Gasteiger partial charge in [0.25, 0.3) is 11.8 Å². The van der Waals surface area contributed by atoms with Gasteiger partial charge < -0.3 is 10.1 Å². The number of carbonyl (C=O) groups is 3. The molecule has 4 amide bonds. The number of hydroxylamine groups is 1. The number of amides is 4. The van der Waals surface area contributed by atoms with Crippen LogP contribution in [0.3, 0.4) is 0 Å². The summed E-state index contributed by atoms with van der Waals surface area (Å²) in [6.07, 6.45) is 7.53. The van der Waals surface area contributed by atoms with E-state index < -0.39 is 29.9 Å². The summed E-state index contributed by atoms with van der Waals surface area (Å²) in [5.74, 6) is -1.24. The van der Waals surface area contributed by atoms with Gasteiger partial charge in [-0.25, -0.2) is 15.2 Å². The highest BCUT2D eigenvalue weighted by molar-refractivity contribution is 9.11. The fraction of sp³-hybridized carbons (Fsp3) is 0.650. The Morgan fingerprint density at radius 2 is 2.10 bits per heavy atom. The zero-order valence-electron chi connectivity index (χ0n) is 17.2. The van der Waals surface area contributed by atoms with Gasteiger partial charge >= 0.3 is 6.03 Å². The highest BCUT2D eigenvalue weighted by Gasteiger charge is 2.45. The number of carbonyl (C=O) groups excluding carboxylic acids is 3. The lowest BCUT2D eigenvalue weighted by atomic mass is 10.0. The number of unbranched alkanes of at least 4 members (excludes halogenated alkanes) is 1. The van der Waals surface area contributed by atoms with Crippen molar-refractivity contribution in [3.05, 3.63) is 22.2 Å². The van der Waals surface area contributed by atoms with E-state index in [0.717, 1.165) is 40.6 Å². The topological polar surface area (TPSA) is 97.0 Å². The third kappa shape index (κ3) is 6.65. The normalized spacial score (nSPS) is 20.4. The molecule has 1 heterocycles. The Morgan fingerprint density at radius 3 is 2.72 bits per heavy atom. The number of ether oxygens (including phenoxy) is 1. The summed E-state index contributed by atoms with van der Waals surface area (Å²) in [5, 5.41) is 2.62. The van der Waals surface area contributed by atoms with Gasteiger partial charge in [0.15, 0.2) is 0 Å². The van der Waals surface area contributed by atoms with E-state index in [0.29, 0.717) is 13.2 Å². The van der Waals surface area contributed by atoms with Gasteiger partial charge in [0.05, 0.1) is 19.8 Å². The number of nitrogens with zero attached hydrogens (tertiary/aromatic N) is 1. The van der Waals surface area contributed by atoms with Gasteiger partial charge in [0.2, 0.25) is 0 Å². The maximum Gasteiger partial charge on any atom is 0.325 e. The van der Waals surface area contributed by atoms with Crippen molar-refractivity contribution >= 4 is 33.8 Å². The molecule has 0 spiro atoms. The summed E-state index contributed by atoms with van der Waals surface area (Å²) < 4.78 is 6.80. The van der Waals surface area contributed by atoms with Gasteiger partial charge in [-0.05, 0) is 35.2 Å². The van der Waals surface area contributed by atoms with E-state index in [2.05, 4.69) is 26.7 Å². The lowest BCUT2D eigenvalue weighted by Gasteiger charge is -2.27. The fourth-order valence-corrected chi connectivity index (χ4v) is 3.46. The molecule has 2 atom stereocenters. The summed E-state index contributed by atoms with van der Waals surface area (Å²) >= 11 is 3.46. The van der Waals surface area contributed by atoms with Crippen molar-refractivity contribution in [3.8, 4) is 0 Å². The number of urea groups is 1. The van der Waals surface area contributed by atoms with E-state index in [1.54, 1.807) is 13.8 Å². The van der Waals surface area contributed by atoms with Crippen molar-refractivity contribution < 1.29 is 24.0 Å². The second-order valence-corrected chi connectivity index (χ2v) is 8.54. The van der Waals surface area contributed by atoms with Crippen LogP contribution < -0.4 is 10.8 Å². The summed E-state index contributed by atoms with van der Waals surface area (Å²) in [5.41, 5.74) is 3.49. The van der Waals surface area contributed by atoms with E-state index in [1.165, 1.54) is 0 Å². The molecule has 1 saturated heterocycles. The summed E-state index contributed by atoms with van der Waals surface area (Å²) in [7, 11) is 0. The maximum atomic E-state index is 12.8. The van der Waals surface area contributed by atoms with Gasteiger partial charge in [0, 0.05) is 0 Å². The first kappa shape index (κ1) is 23.6. The first-order valence-electron chi connectivity index (χ1n) is 10.0. The van der Waals surface area contributed by atoms with Crippen LogP contribution in [0.5, 0.6) is 0 Å². The molecule has 0 bridgehead atoms. The second-order valence-electron chi connectivity index (χ2n) is 7.52.